The molecule has 26 heavy (non-hydrogen) atoms. The number of nitrogens with zero attached hydrogens (tertiary/aromatic N) is 1. The molecule has 0 aliphatic rings. The summed E-state index contributed by atoms with van der Waals surface area (Å²) in [4.78, 5) is 12.2. The van der Waals surface area contributed by atoms with Crippen LogP contribution in [0.2, 0.25) is 10.0 Å². The van der Waals surface area contributed by atoms with Crippen molar-refractivity contribution >= 4 is 51.8 Å². The number of hydrogen-bond donors (Lipinski definition) is 2. The summed E-state index contributed by atoms with van der Waals surface area (Å²) in [6.45, 7) is 1.77. The van der Waals surface area contributed by atoms with Gasteiger partial charge in [0, 0.05) is 16.3 Å². The van der Waals surface area contributed by atoms with E-state index in [0.717, 1.165) is 16.5 Å². The molecule has 3 aromatic carbocycles. The van der Waals surface area contributed by atoms with Crippen molar-refractivity contribution in [2.45, 2.75) is 13.0 Å². The Bertz CT molecular complexity index is 972. The van der Waals surface area contributed by atoms with Crippen molar-refractivity contribution in [3.05, 3.63) is 76.3 Å². The fourth-order valence-corrected chi connectivity index (χ4v) is 2.92. The normalized spacial score (nSPS) is 12.3. The maximum absolute atomic E-state index is 12.2. The van der Waals surface area contributed by atoms with Gasteiger partial charge in [-0.25, -0.2) is 5.43 Å². The highest BCUT2D eigenvalue weighted by molar-refractivity contribution is 6.36. The van der Waals surface area contributed by atoms with Crippen LogP contribution in [0.3, 0.4) is 0 Å². The van der Waals surface area contributed by atoms with E-state index in [1.165, 1.54) is 6.21 Å². The molecule has 3 aromatic rings. The van der Waals surface area contributed by atoms with E-state index in [0.29, 0.717) is 15.6 Å². The zero-order valence-electron chi connectivity index (χ0n) is 14.0. The Labute approximate surface area is 161 Å². The zero-order valence-corrected chi connectivity index (χ0v) is 15.6. The summed E-state index contributed by atoms with van der Waals surface area (Å²) in [5.74, 6) is -0.250. The van der Waals surface area contributed by atoms with Gasteiger partial charge in [-0.15, -0.1) is 0 Å². The van der Waals surface area contributed by atoms with E-state index in [4.69, 9.17) is 23.2 Å². The predicted octanol–water partition coefficient (Wildman–Crippen LogP) is 5.10. The number of halogens is 2. The van der Waals surface area contributed by atoms with E-state index in [1.54, 1.807) is 25.1 Å². The van der Waals surface area contributed by atoms with Gasteiger partial charge in [-0.1, -0.05) is 59.6 Å². The Balaban J connectivity index is 1.60. The van der Waals surface area contributed by atoms with E-state index in [-0.39, 0.29) is 5.91 Å². The number of nitrogens with one attached hydrogen (secondary N) is 2. The van der Waals surface area contributed by atoms with Gasteiger partial charge in [0.05, 0.1) is 11.2 Å². The van der Waals surface area contributed by atoms with Gasteiger partial charge < -0.3 is 5.32 Å². The van der Waals surface area contributed by atoms with Crippen LogP contribution in [0.5, 0.6) is 0 Å². The smallest absolute Gasteiger partial charge is 0.262 e. The number of benzene rings is 3. The van der Waals surface area contributed by atoms with Crippen LogP contribution in [0.1, 0.15) is 12.5 Å². The monoisotopic (exact) mass is 385 g/mol. The lowest BCUT2D eigenvalue weighted by molar-refractivity contribution is -0.121. The summed E-state index contributed by atoms with van der Waals surface area (Å²) in [5, 5.41) is 10.4. The topological polar surface area (TPSA) is 53.5 Å². The minimum Gasteiger partial charge on any atom is -0.374 e. The largest absolute Gasteiger partial charge is 0.374 e. The van der Waals surface area contributed by atoms with Crippen molar-refractivity contribution in [3.8, 4) is 0 Å². The van der Waals surface area contributed by atoms with Crippen molar-refractivity contribution in [2.24, 2.45) is 5.10 Å². The molecule has 4 nitrogen and oxygen atoms in total. The van der Waals surface area contributed by atoms with Gasteiger partial charge in [0.25, 0.3) is 5.91 Å². The molecule has 1 atom stereocenters. The molecule has 132 valence electrons. The first-order chi connectivity index (χ1) is 12.5. The van der Waals surface area contributed by atoms with Crippen molar-refractivity contribution in [1.82, 2.24) is 5.43 Å². The molecule has 0 aromatic heterocycles. The van der Waals surface area contributed by atoms with Crippen LogP contribution in [0.25, 0.3) is 10.8 Å². The van der Waals surface area contributed by atoms with E-state index >= 15 is 0 Å². The summed E-state index contributed by atoms with van der Waals surface area (Å²) in [6.07, 6.45) is 1.49. The quantitative estimate of drug-likeness (QED) is 0.474. The first-order valence-corrected chi connectivity index (χ1v) is 8.82. The molecule has 0 aliphatic carbocycles. The standard InChI is InChI=1S/C20H17Cl2N3O/c1-13(24-18-9-7-14-4-2-3-5-15(14)10-18)20(26)25-23-12-16-6-8-17(21)11-19(16)22/h2-13,24H,1H3,(H,25,26)/b23-12+. The second-order valence-electron chi connectivity index (χ2n) is 5.83. The van der Waals surface area contributed by atoms with E-state index in [2.05, 4.69) is 15.8 Å². The third-order valence-corrected chi connectivity index (χ3v) is 4.43. The third-order valence-electron chi connectivity index (χ3n) is 3.87. The first-order valence-electron chi connectivity index (χ1n) is 8.06. The molecule has 0 heterocycles. The lowest BCUT2D eigenvalue weighted by Gasteiger charge is -2.14. The molecular weight excluding hydrogens is 369 g/mol. The lowest BCUT2D eigenvalue weighted by atomic mass is 10.1. The second-order valence-corrected chi connectivity index (χ2v) is 6.67. The number of hydrogen-bond acceptors (Lipinski definition) is 3. The molecule has 0 saturated heterocycles. The molecule has 0 aliphatic heterocycles. The fraction of sp³-hybridized carbons (Fsp3) is 0.100. The Morgan fingerprint density at radius 2 is 1.81 bits per heavy atom. The average molecular weight is 386 g/mol. The van der Waals surface area contributed by atoms with Crippen LogP contribution >= 0.6 is 23.2 Å². The van der Waals surface area contributed by atoms with Crippen molar-refractivity contribution in [2.75, 3.05) is 5.32 Å². The van der Waals surface area contributed by atoms with Crippen LogP contribution in [-0.2, 0) is 4.79 Å². The molecule has 0 spiro atoms. The van der Waals surface area contributed by atoms with Gasteiger partial charge in [-0.3, -0.25) is 4.79 Å². The van der Waals surface area contributed by atoms with Gasteiger partial charge in [-0.05, 0) is 42.0 Å². The highest BCUT2D eigenvalue weighted by Crippen LogP contribution is 2.20. The van der Waals surface area contributed by atoms with E-state index in [1.807, 2.05) is 42.5 Å². The molecule has 0 bridgehead atoms. The second kappa shape index (κ2) is 8.21. The van der Waals surface area contributed by atoms with Crippen LogP contribution in [0.4, 0.5) is 5.69 Å². The van der Waals surface area contributed by atoms with Crippen LogP contribution in [-0.4, -0.2) is 18.2 Å². The van der Waals surface area contributed by atoms with Gasteiger partial charge >= 0.3 is 0 Å². The molecule has 0 fully saturated rings. The minimum atomic E-state index is -0.450. The maximum Gasteiger partial charge on any atom is 0.262 e. The van der Waals surface area contributed by atoms with Gasteiger partial charge in [0.1, 0.15) is 6.04 Å². The van der Waals surface area contributed by atoms with Crippen molar-refractivity contribution < 1.29 is 4.79 Å². The number of fused-ring (bicyclic) bond motifs is 1. The summed E-state index contributed by atoms with van der Waals surface area (Å²) < 4.78 is 0. The van der Waals surface area contributed by atoms with Gasteiger partial charge in [0.2, 0.25) is 0 Å². The van der Waals surface area contributed by atoms with E-state index in [9.17, 15) is 4.79 Å². The Kier molecular flexibility index (Phi) is 5.76. The molecule has 3 rings (SSSR count). The van der Waals surface area contributed by atoms with Crippen LogP contribution in [0, 0.1) is 0 Å². The first kappa shape index (κ1) is 18.2. The lowest BCUT2D eigenvalue weighted by Crippen LogP contribution is -2.34. The molecule has 0 radical (unpaired) electrons. The maximum atomic E-state index is 12.2. The molecule has 0 saturated carbocycles. The average Bonchev–Trinajstić information content (AvgIpc) is 2.63. The summed E-state index contributed by atoms with van der Waals surface area (Å²) in [6, 6.07) is 18.6. The number of amides is 1. The fourth-order valence-electron chi connectivity index (χ4n) is 2.46. The number of carbonyl (C=O) groups is 1. The predicted molar refractivity (Wildman–Crippen MR) is 109 cm³/mol. The van der Waals surface area contributed by atoms with Crippen LogP contribution in [0.15, 0.2) is 65.8 Å². The Morgan fingerprint density at radius 1 is 1.04 bits per heavy atom. The Morgan fingerprint density at radius 3 is 2.58 bits per heavy atom. The van der Waals surface area contributed by atoms with Crippen molar-refractivity contribution in [3.63, 3.8) is 0 Å². The highest BCUT2D eigenvalue weighted by atomic mass is 35.5. The molecule has 1 unspecified atom stereocenters. The minimum absolute atomic E-state index is 0.250. The number of carbonyl (C=O) groups excluding carboxylic acids is 1. The van der Waals surface area contributed by atoms with E-state index < -0.39 is 6.04 Å². The molecule has 1 amide bonds. The molecule has 2 N–H and O–H groups in total. The summed E-state index contributed by atoms with van der Waals surface area (Å²) >= 11 is 11.9. The highest BCUT2D eigenvalue weighted by Gasteiger charge is 2.12. The summed E-state index contributed by atoms with van der Waals surface area (Å²) in [5.41, 5.74) is 4.05. The Hall–Kier alpha value is -2.56. The van der Waals surface area contributed by atoms with Crippen molar-refractivity contribution in [1.29, 1.82) is 0 Å². The summed E-state index contributed by atoms with van der Waals surface area (Å²) in [7, 11) is 0. The zero-order chi connectivity index (χ0) is 18.5. The third kappa shape index (κ3) is 4.54. The van der Waals surface area contributed by atoms with Crippen LogP contribution < -0.4 is 10.7 Å². The number of hydrazone groups is 1. The number of anilines is 1. The van der Waals surface area contributed by atoms with Gasteiger partial charge in [-0.2, -0.15) is 5.10 Å². The number of rotatable bonds is 5. The molecular formula is C20H17Cl2N3O. The SMILES string of the molecule is CC(Nc1ccc2ccccc2c1)C(=O)N/N=C/c1ccc(Cl)cc1Cl. The van der Waals surface area contributed by atoms with Gasteiger partial charge in [0.15, 0.2) is 0 Å². The molecule has 6 heteroatoms.